The number of rotatable bonds is 2. The van der Waals surface area contributed by atoms with Gasteiger partial charge in [-0.15, -0.1) is 0 Å². The van der Waals surface area contributed by atoms with E-state index in [9.17, 15) is 5.26 Å². The van der Waals surface area contributed by atoms with Crippen molar-refractivity contribution in [1.29, 1.82) is 15.8 Å². The number of allylic oxidation sites excluding steroid dienone is 2. The fraction of sp³-hybridized carbons (Fsp3) is 0.167. The SMILES string of the molecule is CC1(C)OC(=C(C#N)C#N)C(C#N)=C1C=Cc1ccccc1. The molecule has 0 unspecified atom stereocenters. The molecule has 0 bridgehead atoms. The van der Waals surface area contributed by atoms with Gasteiger partial charge in [-0.1, -0.05) is 42.5 Å². The third kappa shape index (κ3) is 2.75. The Balaban J connectivity index is 2.56. The number of hydrogen-bond acceptors (Lipinski definition) is 4. The third-order valence-corrected chi connectivity index (χ3v) is 3.31. The fourth-order valence-corrected chi connectivity index (χ4v) is 2.23. The summed E-state index contributed by atoms with van der Waals surface area (Å²) in [7, 11) is 0. The number of hydrogen-bond donors (Lipinski definition) is 0. The van der Waals surface area contributed by atoms with Crippen molar-refractivity contribution in [3.8, 4) is 18.2 Å². The van der Waals surface area contributed by atoms with E-state index in [1.54, 1.807) is 32.1 Å². The Morgan fingerprint density at radius 1 is 1.05 bits per heavy atom. The van der Waals surface area contributed by atoms with Gasteiger partial charge >= 0.3 is 0 Å². The van der Waals surface area contributed by atoms with Gasteiger partial charge in [0.15, 0.2) is 11.3 Å². The van der Waals surface area contributed by atoms with Crippen molar-refractivity contribution in [3.05, 3.63) is 64.4 Å². The van der Waals surface area contributed by atoms with E-state index in [4.69, 9.17) is 15.3 Å². The van der Waals surface area contributed by atoms with Gasteiger partial charge in [-0.05, 0) is 19.4 Å². The minimum Gasteiger partial charge on any atom is -0.480 e. The normalized spacial score (nSPS) is 15.9. The van der Waals surface area contributed by atoms with Crippen LogP contribution >= 0.6 is 0 Å². The highest BCUT2D eigenvalue weighted by atomic mass is 16.5. The molecule has 0 saturated carbocycles. The molecule has 0 aromatic heterocycles. The second-order valence-corrected chi connectivity index (χ2v) is 5.18. The molecule has 4 heteroatoms. The molecule has 106 valence electrons. The summed E-state index contributed by atoms with van der Waals surface area (Å²) in [5, 5.41) is 27.4. The molecule has 1 aromatic carbocycles. The molecule has 0 N–H and O–H groups in total. The molecule has 0 spiro atoms. The molecular weight excluding hydrogens is 274 g/mol. The molecule has 1 aliphatic heterocycles. The lowest BCUT2D eigenvalue weighted by molar-refractivity contribution is 0.0954. The molecule has 4 nitrogen and oxygen atoms in total. The summed E-state index contributed by atoms with van der Waals surface area (Å²) in [4.78, 5) is 0. The Kier molecular flexibility index (Phi) is 4.12. The summed E-state index contributed by atoms with van der Waals surface area (Å²) < 4.78 is 5.68. The number of ether oxygens (including phenoxy) is 1. The summed E-state index contributed by atoms with van der Waals surface area (Å²) >= 11 is 0. The molecule has 0 radical (unpaired) electrons. The Morgan fingerprint density at radius 3 is 2.23 bits per heavy atom. The summed E-state index contributed by atoms with van der Waals surface area (Å²) in [5.41, 5.74) is 0.908. The lowest BCUT2D eigenvalue weighted by Gasteiger charge is -2.20. The molecule has 1 heterocycles. The summed E-state index contributed by atoms with van der Waals surface area (Å²) in [6.45, 7) is 3.60. The zero-order chi connectivity index (χ0) is 16.2. The molecule has 22 heavy (non-hydrogen) atoms. The Labute approximate surface area is 129 Å². The van der Waals surface area contributed by atoms with Crippen molar-refractivity contribution in [2.45, 2.75) is 19.4 Å². The van der Waals surface area contributed by atoms with E-state index in [1.807, 2.05) is 42.5 Å². The molecule has 0 fully saturated rings. The van der Waals surface area contributed by atoms with Crippen molar-refractivity contribution in [3.63, 3.8) is 0 Å². The van der Waals surface area contributed by atoms with Gasteiger partial charge in [0.1, 0.15) is 29.4 Å². The maximum atomic E-state index is 9.40. The highest BCUT2D eigenvalue weighted by Gasteiger charge is 2.38. The Bertz CT molecular complexity index is 791. The van der Waals surface area contributed by atoms with E-state index in [1.165, 1.54) is 0 Å². The Morgan fingerprint density at radius 2 is 1.68 bits per heavy atom. The van der Waals surface area contributed by atoms with Gasteiger partial charge in [0.2, 0.25) is 0 Å². The van der Waals surface area contributed by atoms with Crippen LogP contribution in [0.25, 0.3) is 6.08 Å². The molecule has 0 amide bonds. The summed E-state index contributed by atoms with van der Waals surface area (Å²) in [6.07, 6.45) is 3.67. The Hall–Kier alpha value is -3.29. The predicted octanol–water partition coefficient (Wildman–Crippen LogP) is 3.63. The molecule has 2 rings (SSSR count). The minimum absolute atomic E-state index is 0.0604. The maximum absolute atomic E-state index is 9.40. The fourth-order valence-electron chi connectivity index (χ4n) is 2.23. The first-order valence-electron chi connectivity index (χ1n) is 6.65. The van der Waals surface area contributed by atoms with E-state index >= 15 is 0 Å². The first-order chi connectivity index (χ1) is 10.5. The first-order valence-corrected chi connectivity index (χ1v) is 6.65. The average molecular weight is 287 g/mol. The average Bonchev–Trinajstić information content (AvgIpc) is 2.77. The van der Waals surface area contributed by atoms with Crippen LogP contribution in [0.4, 0.5) is 0 Å². The predicted molar refractivity (Wildman–Crippen MR) is 81.5 cm³/mol. The lowest BCUT2D eigenvalue weighted by atomic mass is 9.94. The first kappa shape index (κ1) is 15.1. The molecule has 1 aliphatic rings. The summed E-state index contributed by atoms with van der Waals surface area (Å²) in [5.74, 6) is 0.0604. The molecule has 0 atom stereocenters. The van der Waals surface area contributed by atoms with Crippen molar-refractivity contribution in [2.24, 2.45) is 0 Å². The van der Waals surface area contributed by atoms with Crippen molar-refractivity contribution >= 4 is 6.08 Å². The van der Waals surface area contributed by atoms with Gasteiger partial charge in [-0.2, -0.15) is 15.8 Å². The largest absolute Gasteiger partial charge is 0.480 e. The smallest absolute Gasteiger partial charge is 0.172 e. The van der Waals surface area contributed by atoms with Gasteiger partial charge in [-0.25, -0.2) is 0 Å². The van der Waals surface area contributed by atoms with Gasteiger partial charge in [0, 0.05) is 5.57 Å². The monoisotopic (exact) mass is 287 g/mol. The van der Waals surface area contributed by atoms with E-state index in [0.717, 1.165) is 5.56 Å². The van der Waals surface area contributed by atoms with Crippen LogP contribution in [0.1, 0.15) is 19.4 Å². The highest BCUT2D eigenvalue weighted by Crippen LogP contribution is 2.40. The lowest BCUT2D eigenvalue weighted by Crippen LogP contribution is -2.20. The van der Waals surface area contributed by atoms with Gasteiger partial charge in [0.05, 0.1) is 0 Å². The topological polar surface area (TPSA) is 80.6 Å². The van der Waals surface area contributed by atoms with E-state index in [2.05, 4.69) is 0 Å². The van der Waals surface area contributed by atoms with Crippen molar-refractivity contribution < 1.29 is 4.74 Å². The van der Waals surface area contributed by atoms with Crippen molar-refractivity contribution in [2.75, 3.05) is 0 Å². The van der Waals surface area contributed by atoms with Crippen LogP contribution in [0.5, 0.6) is 0 Å². The summed E-state index contributed by atoms with van der Waals surface area (Å²) in [6, 6.07) is 15.2. The number of nitrogens with zero attached hydrogens (tertiary/aromatic N) is 3. The van der Waals surface area contributed by atoms with Crippen LogP contribution in [0, 0.1) is 34.0 Å². The zero-order valence-corrected chi connectivity index (χ0v) is 12.3. The quantitative estimate of drug-likeness (QED) is 0.778. The maximum Gasteiger partial charge on any atom is 0.172 e. The molecule has 0 saturated heterocycles. The molecule has 0 aliphatic carbocycles. The van der Waals surface area contributed by atoms with Gasteiger partial charge in [0.25, 0.3) is 0 Å². The van der Waals surface area contributed by atoms with Crippen LogP contribution in [0.3, 0.4) is 0 Å². The molecule has 1 aromatic rings. The van der Waals surface area contributed by atoms with Crippen LogP contribution in [-0.2, 0) is 4.74 Å². The van der Waals surface area contributed by atoms with Crippen molar-refractivity contribution in [1.82, 2.24) is 0 Å². The van der Waals surface area contributed by atoms with Crippen LogP contribution in [-0.4, -0.2) is 5.60 Å². The zero-order valence-electron chi connectivity index (χ0n) is 12.3. The van der Waals surface area contributed by atoms with Crippen LogP contribution < -0.4 is 0 Å². The van der Waals surface area contributed by atoms with Crippen LogP contribution in [0.15, 0.2) is 58.9 Å². The van der Waals surface area contributed by atoms with Gasteiger partial charge in [-0.3, -0.25) is 0 Å². The standard InChI is InChI=1S/C18H13N3O/c1-18(2)16(9-8-13-6-4-3-5-7-13)15(12-21)17(22-18)14(10-19)11-20/h3-9H,1-2H3. The second-order valence-electron chi connectivity index (χ2n) is 5.18. The number of nitriles is 3. The third-order valence-electron chi connectivity index (χ3n) is 3.31. The number of benzene rings is 1. The minimum atomic E-state index is -0.773. The highest BCUT2D eigenvalue weighted by molar-refractivity contribution is 5.64. The molecular formula is C18H13N3O. The van der Waals surface area contributed by atoms with E-state index < -0.39 is 5.60 Å². The van der Waals surface area contributed by atoms with Gasteiger partial charge < -0.3 is 4.74 Å². The van der Waals surface area contributed by atoms with Crippen LogP contribution in [0.2, 0.25) is 0 Å². The second kappa shape index (κ2) is 6.00. The van der Waals surface area contributed by atoms with E-state index in [0.29, 0.717) is 5.57 Å². The van der Waals surface area contributed by atoms with E-state index in [-0.39, 0.29) is 16.9 Å².